The molecule has 0 bridgehead atoms. The van der Waals surface area contributed by atoms with E-state index >= 15 is 0 Å². The Labute approximate surface area is 89.5 Å². The maximum absolute atomic E-state index is 6.02. The van der Waals surface area contributed by atoms with Gasteiger partial charge in [-0.3, -0.25) is 0 Å². The van der Waals surface area contributed by atoms with Gasteiger partial charge in [-0.25, -0.2) is 4.68 Å². The molecule has 0 amide bonds. The van der Waals surface area contributed by atoms with Crippen molar-refractivity contribution in [3.63, 3.8) is 0 Å². The molecule has 3 heteroatoms. The first-order valence-corrected chi connectivity index (χ1v) is 5.18. The minimum Gasteiger partial charge on any atom is -0.323 e. The Kier molecular flexibility index (Phi) is 2.83. The van der Waals surface area contributed by atoms with Crippen molar-refractivity contribution >= 4 is 0 Å². The number of para-hydroxylation sites is 1. The summed E-state index contributed by atoms with van der Waals surface area (Å²) in [4.78, 5) is 0. The molecule has 1 aromatic heterocycles. The highest BCUT2D eigenvalue weighted by Gasteiger charge is 2.10. The second-order valence-corrected chi connectivity index (χ2v) is 3.52. The van der Waals surface area contributed by atoms with Gasteiger partial charge in [0.15, 0.2) is 0 Å². The SMILES string of the molecule is CCC(N)c1ccnn1-c1ccccc1. The van der Waals surface area contributed by atoms with Gasteiger partial charge in [-0.1, -0.05) is 25.1 Å². The molecule has 0 radical (unpaired) electrons. The van der Waals surface area contributed by atoms with E-state index in [0.717, 1.165) is 17.8 Å². The summed E-state index contributed by atoms with van der Waals surface area (Å²) in [5.74, 6) is 0. The first-order valence-electron chi connectivity index (χ1n) is 5.18. The normalized spacial score (nSPS) is 12.7. The van der Waals surface area contributed by atoms with Crippen molar-refractivity contribution in [2.45, 2.75) is 19.4 Å². The molecule has 3 nitrogen and oxygen atoms in total. The van der Waals surface area contributed by atoms with Gasteiger partial charge in [0, 0.05) is 12.2 Å². The van der Waals surface area contributed by atoms with Crippen LogP contribution in [0.4, 0.5) is 0 Å². The van der Waals surface area contributed by atoms with Crippen LogP contribution < -0.4 is 5.73 Å². The smallest absolute Gasteiger partial charge is 0.0649 e. The van der Waals surface area contributed by atoms with E-state index in [2.05, 4.69) is 12.0 Å². The average molecular weight is 201 g/mol. The molecule has 0 spiro atoms. The third-order valence-corrected chi connectivity index (χ3v) is 2.49. The molecule has 2 rings (SSSR count). The fourth-order valence-electron chi connectivity index (χ4n) is 1.59. The molecule has 15 heavy (non-hydrogen) atoms. The van der Waals surface area contributed by atoms with Gasteiger partial charge in [-0.15, -0.1) is 0 Å². The van der Waals surface area contributed by atoms with Crippen molar-refractivity contribution in [3.8, 4) is 5.69 Å². The molecular formula is C12H15N3. The van der Waals surface area contributed by atoms with E-state index in [-0.39, 0.29) is 6.04 Å². The summed E-state index contributed by atoms with van der Waals surface area (Å²) in [6, 6.07) is 12.1. The van der Waals surface area contributed by atoms with Crippen LogP contribution in [0.25, 0.3) is 5.69 Å². The number of benzene rings is 1. The van der Waals surface area contributed by atoms with E-state index in [0.29, 0.717) is 0 Å². The van der Waals surface area contributed by atoms with Crippen molar-refractivity contribution in [2.24, 2.45) is 5.73 Å². The van der Waals surface area contributed by atoms with Crippen molar-refractivity contribution in [1.29, 1.82) is 0 Å². The zero-order chi connectivity index (χ0) is 10.7. The summed E-state index contributed by atoms with van der Waals surface area (Å²) in [7, 11) is 0. The van der Waals surface area contributed by atoms with Gasteiger partial charge in [0.1, 0.15) is 0 Å². The zero-order valence-corrected chi connectivity index (χ0v) is 8.80. The maximum atomic E-state index is 6.02. The molecule has 0 aliphatic rings. The third-order valence-electron chi connectivity index (χ3n) is 2.49. The molecule has 0 aliphatic heterocycles. The number of hydrogen-bond acceptors (Lipinski definition) is 2. The van der Waals surface area contributed by atoms with E-state index in [4.69, 9.17) is 5.73 Å². The first kappa shape index (κ1) is 9.93. The van der Waals surface area contributed by atoms with Gasteiger partial charge < -0.3 is 5.73 Å². The lowest BCUT2D eigenvalue weighted by Gasteiger charge is -2.12. The highest BCUT2D eigenvalue weighted by atomic mass is 15.3. The highest BCUT2D eigenvalue weighted by molar-refractivity contribution is 5.32. The lowest BCUT2D eigenvalue weighted by molar-refractivity contribution is 0.639. The minimum absolute atomic E-state index is 0.0488. The average Bonchev–Trinajstić information content (AvgIpc) is 2.78. The summed E-state index contributed by atoms with van der Waals surface area (Å²) >= 11 is 0. The number of nitrogens with zero attached hydrogens (tertiary/aromatic N) is 2. The maximum Gasteiger partial charge on any atom is 0.0649 e. The molecule has 0 fully saturated rings. The molecule has 0 aliphatic carbocycles. The van der Waals surface area contributed by atoms with Crippen molar-refractivity contribution in [1.82, 2.24) is 9.78 Å². The van der Waals surface area contributed by atoms with Crippen LogP contribution in [0, 0.1) is 0 Å². The number of rotatable bonds is 3. The van der Waals surface area contributed by atoms with Gasteiger partial charge in [0.2, 0.25) is 0 Å². The summed E-state index contributed by atoms with van der Waals surface area (Å²) < 4.78 is 1.90. The van der Waals surface area contributed by atoms with Crippen molar-refractivity contribution in [2.75, 3.05) is 0 Å². The van der Waals surface area contributed by atoms with Gasteiger partial charge in [0.25, 0.3) is 0 Å². The van der Waals surface area contributed by atoms with Gasteiger partial charge >= 0.3 is 0 Å². The third kappa shape index (κ3) is 1.92. The van der Waals surface area contributed by atoms with Gasteiger partial charge in [-0.05, 0) is 24.6 Å². The predicted molar refractivity (Wildman–Crippen MR) is 60.8 cm³/mol. The number of nitrogens with two attached hydrogens (primary N) is 1. The molecule has 0 saturated carbocycles. The molecule has 1 aromatic carbocycles. The summed E-state index contributed by atoms with van der Waals surface area (Å²) in [6.07, 6.45) is 2.70. The molecular weight excluding hydrogens is 186 g/mol. The van der Waals surface area contributed by atoms with Crippen LogP contribution in [0.1, 0.15) is 25.1 Å². The highest BCUT2D eigenvalue weighted by Crippen LogP contribution is 2.17. The molecule has 2 aromatic rings. The van der Waals surface area contributed by atoms with Crippen LogP contribution in [0.3, 0.4) is 0 Å². The fourth-order valence-corrected chi connectivity index (χ4v) is 1.59. The Morgan fingerprint density at radius 3 is 2.67 bits per heavy atom. The molecule has 2 N–H and O–H groups in total. The number of aromatic nitrogens is 2. The van der Waals surface area contributed by atoms with Crippen LogP contribution in [-0.4, -0.2) is 9.78 Å². The lowest BCUT2D eigenvalue weighted by Crippen LogP contribution is -2.14. The summed E-state index contributed by atoms with van der Waals surface area (Å²) in [5.41, 5.74) is 8.13. The Morgan fingerprint density at radius 2 is 2.00 bits per heavy atom. The predicted octanol–water partition coefficient (Wildman–Crippen LogP) is 2.28. The van der Waals surface area contributed by atoms with Crippen molar-refractivity contribution < 1.29 is 0 Å². The molecule has 0 saturated heterocycles. The monoisotopic (exact) mass is 201 g/mol. The van der Waals surface area contributed by atoms with Crippen LogP contribution in [0.15, 0.2) is 42.6 Å². The van der Waals surface area contributed by atoms with Gasteiger partial charge in [0.05, 0.1) is 11.4 Å². The van der Waals surface area contributed by atoms with Crippen LogP contribution in [-0.2, 0) is 0 Å². The minimum atomic E-state index is 0.0488. The second-order valence-electron chi connectivity index (χ2n) is 3.52. The van der Waals surface area contributed by atoms with Crippen LogP contribution in [0.5, 0.6) is 0 Å². The van der Waals surface area contributed by atoms with Crippen LogP contribution >= 0.6 is 0 Å². The van der Waals surface area contributed by atoms with Gasteiger partial charge in [-0.2, -0.15) is 5.10 Å². The first-order chi connectivity index (χ1) is 7.33. The van der Waals surface area contributed by atoms with E-state index in [1.54, 1.807) is 6.20 Å². The number of hydrogen-bond donors (Lipinski definition) is 1. The van der Waals surface area contributed by atoms with Crippen LogP contribution in [0.2, 0.25) is 0 Å². The lowest BCUT2D eigenvalue weighted by atomic mass is 10.1. The Bertz CT molecular complexity index is 419. The molecule has 1 heterocycles. The summed E-state index contributed by atoms with van der Waals surface area (Å²) in [6.45, 7) is 2.08. The van der Waals surface area contributed by atoms with E-state index in [9.17, 15) is 0 Å². The van der Waals surface area contributed by atoms with E-state index in [1.165, 1.54) is 0 Å². The van der Waals surface area contributed by atoms with E-state index in [1.807, 2.05) is 41.1 Å². The largest absolute Gasteiger partial charge is 0.323 e. The summed E-state index contributed by atoms with van der Waals surface area (Å²) in [5, 5.41) is 4.29. The standard InChI is InChI=1S/C12H15N3/c1-2-11(13)12-8-9-14-15(12)10-6-4-3-5-7-10/h3-9,11H,2,13H2,1H3. The Balaban J connectivity index is 2.41. The van der Waals surface area contributed by atoms with Crippen molar-refractivity contribution in [3.05, 3.63) is 48.3 Å². The molecule has 1 atom stereocenters. The molecule has 1 unspecified atom stereocenters. The fraction of sp³-hybridized carbons (Fsp3) is 0.250. The zero-order valence-electron chi connectivity index (χ0n) is 8.80. The van der Waals surface area contributed by atoms with E-state index < -0.39 is 0 Å². The second kappa shape index (κ2) is 4.28. The topological polar surface area (TPSA) is 43.8 Å². The Hall–Kier alpha value is -1.61. The quantitative estimate of drug-likeness (QED) is 0.828. The Morgan fingerprint density at radius 1 is 1.27 bits per heavy atom. The molecule has 78 valence electrons.